The summed E-state index contributed by atoms with van der Waals surface area (Å²) >= 11 is 1.34. The predicted octanol–water partition coefficient (Wildman–Crippen LogP) is 0.513. The molecule has 12 heavy (non-hydrogen) atoms. The minimum absolute atomic E-state index is 0.142. The van der Waals surface area contributed by atoms with Gasteiger partial charge in [-0.3, -0.25) is 4.79 Å². The molecule has 5 nitrogen and oxygen atoms in total. The van der Waals surface area contributed by atoms with Crippen LogP contribution in [0.1, 0.15) is 6.92 Å². The highest BCUT2D eigenvalue weighted by molar-refractivity contribution is 7.13. The first kappa shape index (κ1) is 8.92. The van der Waals surface area contributed by atoms with Crippen LogP contribution in [0.5, 0.6) is 0 Å². The Kier molecular flexibility index (Phi) is 3.46. The van der Waals surface area contributed by atoms with E-state index in [1.54, 1.807) is 12.4 Å². The maximum Gasteiger partial charge on any atom is 0.325 e. The molecule has 0 aromatic carbocycles. The van der Waals surface area contributed by atoms with Gasteiger partial charge in [0.15, 0.2) is 0 Å². The Bertz CT molecular complexity index is 237. The van der Waals surface area contributed by atoms with Crippen molar-refractivity contribution in [3.63, 3.8) is 0 Å². The molecular formula is C6H9N3O2S. The highest BCUT2D eigenvalue weighted by atomic mass is 32.1. The Labute approximate surface area is 73.8 Å². The average molecular weight is 187 g/mol. The molecule has 0 unspecified atom stereocenters. The van der Waals surface area contributed by atoms with Crippen LogP contribution in [0.25, 0.3) is 0 Å². The second-order valence-electron chi connectivity index (χ2n) is 1.90. The van der Waals surface area contributed by atoms with Crippen molar-refractivity contribution in [2.24, 2.45) is 0 Å². The smallest absolute Gasteiger partial charge is 0.325 e. The zero-order valence-corrected chi connectivity index (χ0v) is 7.43. The maximum atomic E-state index is 10.8. The van der Waals surface area contributed by atoms with Crippen LogP contribution in [0, 0.1) is 0 Å². The molecule has 0 fully saturated rings. The summed E-state index contributed by atoms with van der Waals surface area (Å²) in [5.41, 5.74) is 1.59. The second-order valence-corrected chi connectivity index (χ2v) is 2.74. The molecule has 0 spiro atoms. The second kappa shape index (κ2) is 4.66. The van der Waals surface area contributed by atoms with E-state index in [2.05, 4.69) is 15.5 Å². The van der Waals surface area contributed by atoms with E-state index in [0.29, 0.717) is 11.7 Å². The number of ether oxygens (including phenoxy) is 1. The van der Waals surface area contributed by atoms with E-state index in [0.717, 1.165) is 0 Å². The fraction of sp³-hybridized carbons (Fsp3) is 0.500. The summed E-state index contributed by atoms with van der Waals surface area (Å²) in [5.74, 6) is -0.285. The van der Waals surface area contributed by atoms with Crippen LogP contribution in [0.4, 0.5) is 5.13 Å². The number of esters is 1. The van der Waals surface area contributed by atoms with Gasteiger partial charge in [0.05, 0.1) is 6.61 Å². The van der Waals surface area contributed by atoms with Crippen LogP contribution < -0.4 is 5.32 Å². The number of hydrogen-bond donors (Lipinski definition) is 1. The quantitative estimate of drug-likeness (QED) is 0.696. The molecule has 0 saturated heterocycles. The summed E-state index contributed by atoms with van der Waals surface area (Å²) in [5, 5.41) is 10.7. The number of aromatic nitrogens is 2. The highest BCUT2D eigenvalue weighted by Crippen LogP contribution is 2.06. The third-order valence-corrected chi connectivity index (χ3v) is 1.70. The molecular weight excluding hydrogens is 178 g/mol. The minimum Gasteiger partial charge on any atom is -0.465 e. The number of carbonyl (C=O) groups is 1. The third kappa shape index (κ3) is 2.83. The third-order valence-electron chi connectivity index (χ3n) is 1.05. The summed E-state index contributed by atoms with van der Waals surface area (Å²) in [6.07, 6.45) is 0. The van der Waals surface area contributed by atoms with Crippen molar-refractivity contribution < 1.29 is 9.53 Å². The normalized spacial score (nSPS) is 9.42. The minimum atomic E-state index is -0.285. The molecule has 0 aliphatic heterocycles. The Morgan fingerprint density at radius 2 is 2.67 bits per heavy atom. The monoisotopic (exact) mass is 187 g/mol. The standard InChI is InChI=1S/C6H9N3O2S/c1-2-11-5(10)3-7-6-9-8-4-12-6/h4H,2-3H2,1H3,(H,7,9). The average Bonchev–Trinajstić information content (AvgIpc) is 2.53. The van der Waals surface area contributed by atoms with Gasteiger partial charge < -0.3 is 10.1 Å². The lowest BCUT2D eigenvalue weighted by atomic mass is 10.6. The van der Waals surface area contributed by atoms with E-state index in [1.165, 1.54) is 11.3 Å². The lowest BCUT2D eigenvalue weighted by Gasteiger charge is -2.00. The molecule has 1 heterocycles. The molecule has 0 atom stereocenters. The predicted molar refractivity (Wildman–Crippen MR) is 45.0 cm³/mol. The zero-order chi connectivity index (χ0) is 8.81. The number of nitrogens with zero attached hydrogens (tertiary/aromatic N) is 2. The van der Waals surface area contributed by atoms with Crippen LogP contribution in [0.15, 0.2) is 5.51 Å². The van der Waals surface area contributed by atoms with Gasteiger partial charge in [-0.05, 0) is 6.92 Å². The van der Waals surface area contributed by atoms with Crippen LogP contribution in [0.2, 0.25) is 0 Å². The molecule has 1 N–H and O–H groups in total. The van der Waals surface area contributed by atoms with Gasteiger partial charge in [0.2, 0.25) is 5.13 Å². The fourth-order valence-corrected chi connectivity index (χ4v) is 1.05. The van der Waals surface area contributed by atoms with Crippen molar-refractivity contribution in [1.29, 1.82) is 0 Å². The van der Waals surface area contributed by atoms with Crippen LogP contribution in [-0.4, -0.2) is 29.3 Å². The lowest BCUT2D eigenvalue weighted by molar-refractivity contribution is -0.140. The van der Waals surface area contributed by atoms with E-state index in [1.807, 2.05) is 0 Å². The largest absolute Gasteiger partial charge is 0.465 e. The van der Waals surface area contributed by atoms with E-state index in [9.17, 15) is 4.79 Å². The van der Waals surface area contributed by atoms with Crippen molar-refractivity contribution in [3.05, 3.63) is 5.51 Å². The van der Waals surface area contributed by atoms with Crippen molar-refractivity contribution in [2.75, 3.05) is 18.5 Å². The zero-order valence-electron chi connectivity index (χ0n) is 6.61. The summed E-state index contributed by atoms with van der Waals surface area (Å²) < 4.78 is 4.70. The van der Waals surface area contributed by atoms with Gasteiger partial charge in [-0.1, -0.05) is 11.3 Å². The van der Waals surface area contributed by atoms with Gasteiger partial charge in [-0.15, -0.1) is 10.2 Å². The molecule has 0 amide bonds. The number of hydrogen-bond acceptors (Lipinski definition) is 6. The number of carbonyl (C=O) groups excluding carboxylic acids is 1. The molecule has 0 radical (unpaired) electrons. The van der Waals surface area contributed by atoms with Gasteiger partial charge in [-0.25, -0.2) is 0 Å². The Balaban J connectivity index is 2.22. The van der Waals surface area contributed by atoms with Crippen molar-refractivity contribution >= 4 is 22.4 Å². The summed E-state index contributed by atoms with van der Waals surface area (Å²) in [4.78, 5) is 10.8. The van der Waals surface area contributed by atoms with Crippen LogP contribution >= 0.6 is 11.3 Å². The van der Waals surface area contributed by atoms with Crippen molar-refractivity contribution in [3.8, 4) is 0 Å². The molecule has 0 aliphatic carbocycles. The first-order chi connectivity index (χ1) is 5.83. The van der Waals surface area contributed by atoms with Gasteiger partial charge in [0.1, 0.15) is 12.1 Å². The first-order valence-corrected chi connectivity index (χ1v) is 4.36. The molecule has 1 rings (SSSR count). The Morgan fingerprint density at radius 3 is 3.25 bits per heavy atom. The fourth-order valence-electron chi connectivity index (χ4n) is 0.610. The van der Waals surface area contributed by atoms with Gasteiger partial charge in [0.25, 0.3) is 0 Å². The first-order valence-electron chi connectivity index (χ1n) is 3.48. The topological polar surface area (TPSA) is 64.1 Å². The van der Waals surface area contributed by atoms with E-state index < -0.39 is 0 Å². The van der Waals surface area contributed by atoms with Gasteiger partial charge in [-0.2, -0.15) is 0 Å². The molecule has 0 bridgehead atoms. The van der Waals surface area contributed by atoms with Crippen LogP contribution in [0.3, 0.4) is 0 Å². The van der Waals surface area contributed by atoms with Crippen LogP contribution in [-0.2, 0) is 9.53 Å². The molecule has 1 aromatic rings. The van der Waals surface area contributed by atoms with E-state index >= 15 is 0 Å². The lowest BCUT2D eigenvalue weighted by Crippen LogP contribution is -2.16. The Morgan fingerprint density at radius 1 is 1.83 bits per heavy atom. The van der Waals surface area contributed by atoms with Crippen molar-refractivity contribution in [1.82, 2.24) is 10.2 Å². The molecule has 0 aliphatic rings. The van der Waals surface area contributed by atoms with E-state index in [-0.39, 0.29) is 12.5 Å². The van der Waals surface area contributed by atoms with Gasteiger partial charge in [0, 0.05) is 0 Å². The SMILES string of the molecule is CCOC(=O)CNc1nncs1. The molecule has 0 saturated carbocycles. The number of anilines is 1. The number of rotatable bonds is 4. The maximum absolute atomic E-state index is 10.8. The van der Waals surface area contributed by atoms with Gasteiger partial charge >= 0.3 is 5.97 Å². The van der Waals surface area contributed by atoms with E-state index in [4.69, 9.17) is 4.74 Å². The summed E-state index contributed by atoms with van der Waals surface area (Å²) in [6, 6.07) is 0. The van der Waals surface area contributed by atoms with Crippen molar-refractivity contribution in [2.45, 2.75) is 6.92 Å². The Hall–Kier alpha value is -1.17. The molecule has 6 heteroatoms. The number of nitrogens with one attached hydrogen (secondary N) is 1. The molecule has 66 valence electrons. The highest BCUT2D eigenvalue weighted by Gasteiger charge is 2.01. The summed E-state index contributed by atoms with van der Waals surface area (Å²) in [6.45, 7) is 2.31. The summed E-state index contributed by atoms with van der Waals surface area (Å²) in [7, 11) is 0. The molecule has 1 aromatic heterocycles.